The number of benzene rings is 2. The van der Waals surface area contributed by atoms with Gasteiger partial charge in [-0.15, -0.1) is 23.1 Å². The molecule has 8 heteroatoms. The number of aromatic nitrogens is 1. The summed E-state index contributed by atoms with van der Waals surface area (Å²) in [7, 11) is 0. The molecular formula is C28H27BrN2O3S2. The van der Waals surface area contributed by atoms with E-state index in [1.807, 2.05) is 31.2 Å². The Kier molecular flexibility index (Phi) is 7.55. The smallest absolute Gasteiger partial charge is 0.341 e. The van der Waals surface area contributed by atoms with Gasteiger partial charge in [-0.3, -0.25) is 4.79 Å². The van der Waals surface area contributed by atoms with Crippen molar-refractivity contribution in [2.45, 2.75) is 49.8 Å². The number of aryl methyl sites for hydroxylation is 1. The number of carbonyl (C=O) groups is 2. The van der Waals surface area contributed by atoms with Crippen LogP contribution in [0.2, 0.25) is 0 Å². The SMILES string of the molecule is CCOC(=O)c1c(NC(=O)[C@@H](C)Sc2cn(Cc3ccc(Br)cc3)c3ccccc23)sc2c1CCC2. The lowest BCUT2D eigenvalue weighted by atomic mass is 10.1. The number of rotatable bonds is 8. The lowest BCUT2D eigenvalue weighted by Crippen LogP contribution is -2.23. The van der Waals surface area contributed by atoms with Gasteiger partial charge in [0, 0.05) is 37.9 Å². The van der Waals surface area contributed by atoms with Crippen LogP contribution in [0.4, 0.5) is 5.00 Å². The number of amides is 1. The Bertz CT molecular complexity index is 1420. The van der Waals surface area contributed by atoms with Crippen molar-refractivity contribution in [1.29, 1.82) is 0 Å². The maximum atomic E-state index is 13.3. The van der Waals surface area contributed by atoms with Crippen LogP contribution in [-0.2, 0) is 28.9 Å². The molecule has 1 aliphatic rings. The highest BCUT2D eigenvalue weighted by Gasteiger charge is 2.29. The predicted octanol–water partition coefficient (Wildman–Crippen LogP) is 7.30. The van der Waals surface area contributed by atoms with Gasteiger partial charge in [-0.1, -0.05) is 46.3 Å². The second-order valence-electron chi connectivity index (χ2n) is 8.80. The zero-order valence-corrected chi connectivity index (χ0v) is 23.4. The Morgan fingerprint density at radius 2 is 1.94 bits per heavy atom. The number of anilines is 1. The van der Waals surface area contributed by atoms with Gasteiger partial charge >= 0.3 is 5.97 Å². The van der Waals surface area contributed by atoms with Gasteiger partial charge in [0.05, 0.1) is 17.4 Å². The van der Waals surface area contributed by atoms with E-state index in [-0.39, 0.29) is 17.1 Å². The molecular weight excluding hydrogens is 556 g/mol. The van der Waals surface area contributed by atoms with Crippen LogP contribution in [-0.4, -0.2) is 28.3 Å². The standard InChI is InChI=1S/C28H27BrN2O3S2/c1-3-34-28(33)25-21-8-6-10-23(21)36-27(25)30-26(32)17(2)35-24-16-31(22-9-5-4-7-20(22)24)15-18-11-13-19(29)14-12-18/h4-5,7,9,11-14,16-17H,3,6,8,10,15H2,1-2H3,(H,30,32)/t17-/m1/s1. The summed E-state index contributed by atoms with van der Waals surface area (Å²) in [6.45, 7) is 4.77. The fraction of sp³-hybridized carbons (Fsp3) is 0.286. The fourth-order valence-electron chi connectivity index (χ4n) is 4.59. The second kappa shape index (κ2) is 10.8. The molecule has 0 spiro atoms. The molecule has 2 aromatic heterocycles. The number of hydrogen-bond donors (Lipinski definition) is 1. The number of carbonyl (C=O) groups excluding carboxylic acids is 2. The first-order valence-electron chi connectivity index (χ1n) is 12.1. The number of ether oxygens (including phenoxy) is 1. The van der Waals surface area contributed by atoms with Crippen molar-refractivity contribution in [3.8, 4) is 0 Å². The highest BCUT2D eigenvalue weighted by atomic mass is 79.9. The second-order valence-corrected chi connectivity index (χ2v) is 12.2. The summed E-state index contributed by atoms with van der Waals surface area (Å²) in [5.41, 5.74) is 3.93. The Morgan fingerprint density at radius 3 is 2.72 bits per heavy atom. The third kappa shape index (κ3) is 5.12. The maximum Gasteiger partial charge on any atom is 0.341 e. The Morgan fingerprint density at radius 1 is 1.17 bits per heavy atom. The van der Waals surface area contributed by atoms with Crippen LogP contribution in [0.1, 0.15) is 46.6 Å². The summed E-state index contributed by atoms with van der Waals surface area (Å²) in [5.74, 6) is -0.460. The molecule has 0 aliphatic heterocycles. The monoisotopic (exact) mass is 582 g/mol. The van der Waals surface area contributed by atoms with Crippen molar-refractivity contribution in [3.05, 3.63) is 80.8 Å². The number of fused-ring (bicyclic) bond motifs is 2. The highest BCUT2D eigenvalue weighted by molar-refractivity contribution is 9.10. The Labute approximate surface area is 227 Å². The first-order valence-corrected chi connectivity index (χ1v) is 14.5. The molecule has 2 aromatic carbocycles. The predicted molar refractivity (Wildman–Crippen MR) is 151 cm³/mol. The van der Waals surface area contributed by atoms with Gasteiger partial charge in [0.1, 0.15) is 5.00 Å². The molecule has 4 aromatic rings. The zero-order valence-electron chi connectivity index (χ0n) is 20.2. The number of nitrogens with one attached hydrogen (secondary N) is 1. The van der Waals surface area contributed by atoms with E-state index in [0.29, 0.717) is 17.2 Å². The average Bonchev–Trinajstić information content (AvgIpc) is 3.54. The van der Waals surface area contributed by atoms with E-state index in [2.05, 4.69) is 56.3 Å². The van der Waals surface area contributed by atoms with Crippen LogP contribution in [0.5, 0.6) is 0 Å². The molecule has 2 heterocycles. The minimum absolute atomic E-state index is 0.116. The van der Waals surface area contributed by atoms with E-state index < -0.39 is 0 Å². The van der Waals surface area contributed by atoms with E-state index in [9.17, 15) is 9.59 Å². The minimum atomic E-state index is -0.344. The first kappa shape index (κ1) is 25.1. The van der Waals surface area contributed by atoms with Crippen molar-refractivity contribution in [3.63, 3.8) is 0 Å². The van der Waals surface area contributed by atoms with Gasteiger partial charge in [-0.25, -0.2) is 4.79 Å². The number of nitrogens with zero attached hydrogens (tertiary/aromatic N) is 1. The number of thioether (sulfide) groups is 1. The van der Waals surface area contributed by atoms with Crippen LogP contribution in [0.3, 0.4) is 0 Å². The quantitative estimate of drug-likeness (QED) is 0.175. The van der Waals surface area contributed by atoms with Crippen molar-refractivity contribution in [2.75, 3.05) is 11.9 Å². The molecule has 0 radical (unpaired) electrons. The van der Waals surface area contributed by atoms with Gasteiger partial charge < -0.3 is 14.6 Å². The van der Waals surface area contributed by atoms with Crippen molar-refractivity contribution < 1.29 is 14.3 Å². The maximum absolute atomic E-state index is 13.3. The molecule has 1 N–H and O–H groups in total. The zero-order chi connectivity index (χ0) is 25.2. The number of para-hydroxylation sites is 1. The van der Waals surface area contributed by atoms with E-state index >= 15 is 0 Å². The molecule has 1 atom stereocenters. The molecule has 36 heavy (non-hydrogen) atoms. The summed E-state index contributed by atoms with van der Waals surface area (Å²) >= 11 is 6.55. The van der Waals surface area contributed by atoms with Gasteiger partial charge in [0.15, 0.2) is 0 Å². The molecule has 0 saturated carbocycles. The van der Waals surface area contributed by atoms with Gasteiger partial charge in [-0.05, 0) is 62.4 Å². The highest BCUT2D eigenvalue weighted by Crippen LogP contribution is 2.40. The van der Waals surface area contributed by atoms with Crippen LogP contribution in [0.15, 0.2) is 64.1 Å². The minimum Gasteiger partial charge on any atom is -0.462 e. The summed E-state index contributed by atoms with van der Waals surface area (Å²) < 4.78 is 8.59. The van der Waals surface area contributed by atoms with Crippen molar-refractivity contribution in [2.24, 2.45) is 0 Å². The van der Waals surface area contributed by atoms with Crippen LogP contribution >= 0.6 is 39.0 Å². The molecule has 5 rings (SSSR count). The van der Waals surface area contributed by atoms with Crippen molar-refractivity contribution >= 4 is 66.8 Å². The number of hydrogen-bond acceptors (Lipinski definition) is 5. The molecule has 1 amide bonds. The van der Waals surface area contributed by atoms with Crippen LogP contribution in [0, 0.1) is 0 Å². The first-order chi connectivity index (χ1) is 17.4. The largest absolute Gasteiger partial charge is 0.462 e. The van der Waals surface area contributed by atoms with Crippen LogP contribution < -0.4 is 5.32 Å². The Balaban J connectivity index is 1.36. The number of thiophene rings is 1. The van der Waals surface area contributed by atoms with Gasteiger partial charge in [0.2, 0.25) is 5.91 Å². The van der Waals surface area contributed by atoms with Gasteiger partial charge in [-0.2, -0.15) is 0 Å². The van der Waals surface area contributed by atoms with E-state index in [1.165, 1.54) is 33.5 Å². The van der Waals surface area contributed by atoms with Gasteiger partial charge in [0.25, 0.3) is 0 Å². The molecule has 0 saturated heterocycles. The molecule has 0 fully saturated rings. The van der Waals surface area contributed by atoms with Crippen molar-refractivity contribution in [1.82, 2.24) is 4.57 Å². The Hall–Kier alpha value is -2.55. The molecule has 5 nitrogen and oxygen atoms in total. The third-order valence-corrected chi connectivity index (χ3v) is 9.21. The lowest BCUT2D eigenvalue weighted by Gasteiger charge is -2.12. The fourth-order valence-corrected chi connectivity index (χ4v) is 7.17. The van der Waals surface area contributed by atoms with E-state index in [1.54, 1.807) is 6.92 Å². The van der Waals surface area contributed by atoms with E-state index in [0.717, 1.165) is 51.6 Å². The third-order valence-electron chi connectivity index (χ3n) is 6.33. The molecule has 0 bridgehead atoms. The summed E-state index contributed by atoms with van der Waals surface area (Å²) in [6.07, 6.45) is 4.98. The normalized spacial score (nSPS) is 13.5. The number of esters is 1. The van der Waals surface area contributed by atoms with Crippen LogP contribution in [0.25, 0.3) is 10.9 Å². The molecule has 186 valence electrons. The summed E-state index contributed by atoms with van der Waals surface area (Å²) in [4.78, 5) is 28.2. The average molecular weight is 584 g/mol. The molecule has 0 unspecified atom stereocenters. The van der Waals surface area contributed by atoms with E-state index in [4.69, 9.17) is 4.74 Å². The lowest BCUT2D eigenvalue weighted by molar-refractivity contribution is -0.115. The summed E-state index contributed by atoms with van der Waals surface area (Å²) in [5, 5.41) is 4.45. The summed E-state index contributed by atoms with van der Waals surface area (Å²) in [6, 6.07) is 16.6. The number of halogens is 1. The topological polar surface area (TPSA) is 60.3 Å². The molecule has 1 aliphatic carbocycles.